The van der Waals surface area contributed by atoms with E-state index >= 15 is 0 Å². The van der Waals surface area contributed by atoms with Crippen molar-refractivity contribution >= 4 is 46.7 Å². The summed E-state index contributed by atoms with van der Waals surface area (Å²) in [5.74, 6) is -2.25. The molecule has 0 saturated heterocycles. The summed E-state index contributed by atoms with van der Waals surface area (Å²) in [7, 11) is 0. The van der Waals surface area contributed by atoms with Crippen molar-refractivity contribution in [3.8, 4) is 17.2 Å². The van der Waals surface area contributed by atoms with Crippen molar-refractivity contribution < 1.29 is 29.3 Å². The number of carbonyl (C=O) groups excluding carboxylic acids is 2. The normalized spacial score (nSPS) is 14.5. The highest BCUT2D eigenvalue weighted by Crippen LogP contribution is 2.39. The van der Waals surface area contributed by atoms with E-state index < -0.39 is 18.3 Å². The summed E-state index contributed by atoms with van der Waals surface area (Å²) in [6.07, 6.45) is 6.77. The second kappa shape index (κ2) is 11.9. The topological polar surface area (TPSA) is 125 Å². The summed E-state index contributed by atoms with van der Waals surface area (Å²) in [6, 6.07) is 7.02. The number of halogens is 2. The lowest BCUT2D eigenvalue weighted by Crippen LogP contribution is -2.35. The van der Waals surface area contributed by atoms with Crippen molar-refractivity contribution in [1.29, 1.82) is 0 Å². The smallest absolute Gasteiger partial charge is 0.312 e. The number of nitrogens with one attached hydrogen (secondary N) is 2. The van der Waals surface area contributed by atoms with Gasteiger partial charge in [0.25, 0.3) is 5.91 Å². The lowest BCUT2D eigenvalue weighted by atomic mass is 9.96. The molecule has 0 heterocycles. The van der Waals surface area contributed by atoms with E-state index in [9.17, 15) is 19.5 Å². The molecule has 0 radical (unpaired) electrons. The molecule has 0 spiro atoms. The van der Waals surface area contributed by atoms with E-state index in [1.165, 1.54) is 36.8 Å². The van der Waals surface area contributed by atoms with Crippen molar-refractivity contribution in [2.75, 3.05) is 5.32 Å². The molecule has 0 aliphatic heterocycles. The van der Waals surface area contributed by atoms with E-state index in [0.717, 1.165) is 38.5 Å². The van der Waals surface area contributed by atoms with Crippen molar-refractivity contribution in [2.24, 2.45) is 0 Å². The van der Waals surface area contributed by atoms with Crippen LogP contribution in [0.4, 0.5) is 5.69 Å². The molecule has 0 unspecified atom stereocenters. The Bertz CT molecular complexity index is 1040. The van der Waals surface area contributed by atoms with Gasteiger partial charge in [-0.1, -0.05) is 55.3 Å². The molecule has 0 aromatic heterocycles. The van der Waals surface area contributed by atoms with E-state index in [1.807, 2.05) is 0 Å². The van der Waals surface area contributed by atoms with Gasteiger partial charge in [-0.25, -0.2) is 0 Å². The standard InChI is InChI=1S/C24H26Cl2N2O6/c25-18-10-15(27-21(30)13-22(31)32)11-19(26)23(18)34-16-8-9-20(29)17(12-16)24(33)28-14-6-4-2-1-3-5-7-14/h8-12,14,29H,1-7,13H2,(H,27,30)(H,28,33)(H,31,32). The molecule has 10 heteroatoms. The number of phenols is 1. The Labute approximate surface area is 207 Å². The molecule has 2 aromatic carbocycles. The van der Waals surface area contributed by atoms with E-state index in [-0.39, 0.29) is 50.5 Å². The van der Waals surface area contributed by atoms with Crippen molar-refractivity contribution in [1.82, 2.24) is 5.32 Å². The van der Waals surface area contributed by atoms with E-state index in [2.05, 4.69) is 10.6 Å². The Hall–Kier alpha value is -2.97. The number of anilines is 1. The molecule has 8 nitrogen and oxygen atoms in total. The van der Waals surface area contributed by atoms with Gasteiger partial charge in [0, 0.05) is 11.7 Å². The molecule has 182 valence electrons. The number of carbonyl (C=O) groups is 3. The summed E-state index contributed by atoms with van der Waals surface area (Å²) in [5.41, 5.74) is 0.280. The molecule has 1 fully saturated rings. The van der Waals surface area contributed by atoms with Crippen LogP contribution in [-0.4, -0.2) is 34.0 Å². The first-order valence-corrected chi connectivity index (χ1v) is 11.8. The number of hydrogen-bond acceptors (Lipinski definition) is 5. The summed E-state index contributed by atoms with van der Waals surface area (Å²) in [5, 5.41) is 24.5. The first-order valence-electron chi connectivity index (χ1n) is 11.1. The van der Waals surface area contributed by atoms with E-state index in [0.29, 0.717) is 0 Å². The lowest BCUT2D eigenvalue weighted by Gasteiger charge is -2.21. The fourth-order valence-corrected chi connectivity index (χ4v) is 4.38. The number of amides is 2. The Morgan fingerprint density at radius 3 is 2.21 bits per heavy atom. The van der Waals surface area contributed by atoms with Gasteiger partial charge in [0.15, 0.2) is 5.75 Å². The summed E-state index contributed by atoms with van der Waals surface area (Å²) >= 11 is 12.5. The number of carboxylic acid groups (broad SMARTS) is 1. The largest absolute Gasteiger partial charge is 0.507 e. The highest BCUT2D eigenvalue weighted by atomic mass is 35.5. The third-order valence-corrected chi connectivity index (χ3v) is 6.03. The molecule has 2 amide bonds. The van der Waals surface area contributed by atoms with Crippen LogP contribution < -0.4 is 15.4 Å². The summed E-state index contributed by atoms with van der Waals surface area (Å²) in [6.45, 7) is 0. The summed E-state index contributed by atoms with van der Waals surface area (Å²) in [4.78, 5) is 35.1. The van der Waals surface area contributed by atoms with Gasteiger partial charge in [0.1, 0.15) is 17.9 Å². The number of phenolic OH excluding ortho intramolecular Hbond substituents is 1. The van der Waals surface area contributed by atoms with E-state index in [4.69, 9.17) is 33.0 Å². The molecule has 1 saturated carbocycles. The second-order valence-corrected chi connectivity index (χ2v) is 9.00. The molecule has 1 aliphatic rings. The molecule has 0 bridgehead atoms. The zero-order valence-electron chi connectivity index (χ0n) is 18.4. The molecule has 34 heavy (non-hydrogen) atoms. The minimum Gasteiger partial charge on any atom is -0.507 e. The zero-order chi connectivity index (χ0) is 24.7. The van der Waals surface area contributed by atoms with Gasteiger partial charge in [0.05, 0.1) is 15.6 Å². The molecule has 4 N–H and O–H groups in total. The van der Waals surface area contributed by atoms with Crippen LogP contribution in [0.2, 0.25) is 10.0 Å². The predicted molar refractivity (Wildman–Crippen MR) is 129 cm³/mol. The van der Waals surface area contributed by atoms with Crippen molar-refractivity contribution in [2.45, 2.75) is 57.4 Å². The highest BCUT2D eigenvalue weighted by molar-refractivity contribution is 6.37. The fraction of sp³-hybridized carbons (Fsp3) is 0.375. The van der Waals surface area contributed by atoms with Crippen LogP contribution in [0.25, 0.3) is 0 Å². The first-order chi connectivity index (χ1) is 16.2. The number of benzene rings is 2. The Balaban J connectivity index is 1.73. The van der Waals surface area contributed by atoms with Crippen LogP contribution in [0, 0.1) is 0 Å². The SMILES string of the molecule is O=C(O)CC(=O)Nc1cc(Cl)c(Oc2ccc(O)c(C(=O)NC3CCCCCCC3)c2)c(Cl)c1. The van der Waals surface area contributed by atoms with Gasteiger partial charge in [-0.3, -0.25) is 14.4 Å². The summed E-state index contributed by atoms with van der Waals surface area (Å²) < 4.78 is 5.77. The molecule has 1 aliphatic carbocycles. The second-order valence-electron chi connectivity index (χ2n) is 8.18. The fourth-order valence-electron chi connectivity index (χ4n) is 3.81. The van der Waals surface area contributed by atoms with Gasteiger partial charge < -0.3 is 25.6 Å². The van der Waals surface area contributed by atoms with Crippen LogP contribution in [0.15, 0.2) is 30.3 Å². The first kappa shape index (κ1) is 25.6. The average Bonchev–Trinajstić information content (AvgIpc) is 2.73. The van der Waals surface area contributed by atoms with Crippen LogP contribution >= 0.6 is 23.2 Å². The number of ether oxygens (including phenoxy) is 1. The Morgan fingerprint density at radius 2 is 1.59 bits per heavy atom. The van der Waals surface area contributed by atoms with Gasteiger partial charge in [-0.15, -0.1) is 0 Å². The quantitative estimate of drug-likeness (QED) is 0.353. The van der Waals surface area contributed by atoms with Crippen molar-refractivity contribution in [3.63, 3.8) is 0 Å². The molecule has 2 aromatic rings. The van der Waals surface area contributed by atoms with Crippen molar-refractivity contribution in [3.05, 3.63) is 45.9 Å². The molecular weight excluding hydrogens is 483 g/mol. The van der Waals surface area contributed by atoms with E-state index in [1.54, 1.807) is 0 Å². The van der Waals surface area contributed by atoms with Gasteiger partial charge in [-0.2, -0.15) is 0 Å². The number of aromatic hydroxyl groups is 1. The van der Waals surface area contributed by atoms with Gasteiger partial charge in [-0.05, 0) is 43.2 Å². The Morgan fingerprint density at radius 1 is 0.971 bits per heavy atom. The number of carboxylic acids is 1. The minimum atomic E-state index is -1.27. The molecular formula is C24H26Cl2N2O6. The zero-order valence-corrected chi connectivity index (χ0v) is 19.9. The molecule has 3 rings (SSSR count). The number of aliphatic carboxylic acids is 1. The van der Waals surface area contributed by atoms with Crippen LogP contribution in [-0.2, 0) is 9.59 Å². The lowest BCUT2D eigenvalue weighted by molar-refractivity contribution is -0.139. The van der Waals surface area contributed by atoms with Crippen LogP contribution in [0.3, 0.4) is 0 Å². The van der Waals surface area contributed by atoms with Gasteiger partial charge in [0.2, 0.25) is 5.91 Å². The minimum absolute atomic E-state index is 0.0598. The number of hydrogen-bond donors (Lipinski definition) is 4. The maximum Gasteiger partial charge on any atom is 0.312 e. The monoisotopic (exact) mass is 508 g/mol. The Kier molecular flexibility index (Phi) is 9.01. The average molecular weight is 509 g/mol. The maximum absolute atomic E-state index is 12.8. The highest BCUT2D eigenvalue weighted by Gasteiger charge is 2.20. The third-order valence-electron chi connectivity index (χ3n) is 5.47. The van der Waals surface area contributed by atoms with Crippen LogP contribution in [0.1, 0.15) is 61.7 Å². The maximum atomic E-state index is 12.8. The number of rotatable bonds is 7. The van der Waals surface area contributed by atoms with Gasteiger partial charge >= 0.3 is 5.97 Å². The third kappa shape index (κ3) is 7.27. The van der Waals surface area contributed by atoms with Crippen LogP contribution in [0.5, 0.6) is 17.2 Å². The molecule has 0 atom stereocenters. The predicted octanol–water partition coefficient (Wildman–Crippen LogP) is 5.75.